The zero-order chi connectivity index (χ0) is 22.9. The van der Waals surface area contributed by atoms with Gasteiger partial charge in [-0.1, -0.05) is 34.8 Å². The van der Waals surface area contributed by atoms with Crippen molar-refractivity contribution in [1.29, 1.82) is 0 Å². The number of aromatic nitrogens is 3. The van der Waals surface area contributed by atoms with E-state index >= 15 is 0 Å². The summed E-state index contributed by atoms with van der Waals surface area (Å²) < 4.78 is 1.73. The topological polar surface area (TPSA) is 80.1 Å². The summed E-state index contributed by atoms with van der Waals surface area (Å²) in [4.78, 5) is 31.7. The molecule has 31 heavy (non-hydrogen) atoms. The predicted molar refractivity (Wildman–Crippen MR) is 126 cm³/mol. The Labute approximate surface area is 202 Å². The van der Waals surface area contributed by atoms with E-state index in [2.05, 4.69) is 31.3 Å². The molecule has 0 aliphatic heterocycles. The third-order valence-electron chi connectivity index (χ3n) is 4.17. The first-order chi connectivity index (χ1) is 14.6. The van der Waals surface area contributed by atoms with Crippen LogP contribution in [0.4, 0.5) is 5.69 Å². The van der Waals surface area contributed by atoms with E-state index in [0.717, 1.165) is 0 Å². The Morgan fingerprint density at radius 1 is 1.16 bits per heavy atom. The maximum Gasteiger partial charge on any atom is 0.276 e. The van der Waals surface area contributed by atoms with Crippen molar-refractivity contribution in [2.45, 2.75) is 19.9 Å². The highest BCUT2D eigenvalue weighted by atomic mass is 79.9. The zero-order valence-electron chi connectivity index (χ0n) is 16.7. The van der Waals surface area contributed by atoms with Gasteiger partial charge in [0.1, 0.15) is 10.3 Å². The molecule has 0 fully saturated rings. The summed E-state index contributed by atoms with van der Waals surface area (Å²) in [5.41, 5.74) is 0.546. The molecule has 0 saturated heterocycles. The van der Waals surface area contributed by atoms with Gasteiger partial charge in [0.05, 0.1) is 21.3 Å². The van der Waals surface area contributed by atoms with Crippen LogP contribution in [0.25, 0.3) is 5.82 Å². The lowest BCUT2D eigenvalue weighted by atomic mass is 10.1. The first-order valence-corrected chi connectivity index (χ1v) is 11.0. The minimum absolute atomic E-state index is 0.122. The number of halogens is 4. The summed E-state index contributed by atoms with van der Waals surface area (Å²) in [5.74, 6) is -0.606. The maximum absolute atomic E-state index is 13.4. The number of amides is 2. The van der Waals surface area contributed by atoms with Gasteiger partial charge >= 0.3 is 0 Å². The monoisotopic (exact) mass is 543 g/mol. The number of anilines is 1. The van der Waals surface area contributed by atoms with E-state index in [1.807, 2.05) is 13.8 Å². The van der Waals surface area contributed by atoms with Gasteiger partial charge < -0.3 is 10.2 Å². The molecule has 0 saturated carbocycles. The van der Waals surface area contributed by atoms with Crippen molar-refractivity contribution in [2.24, 2.45) is 0 Å². The van der Waals surface area contributed by atoms with Gasteiger partial charge in [0.15, 0.2) is 5.82 Å². The second-order valence-corrected chi connectivity index (χ2v) is 8.91. The van der Waals surface area contributed by atoms with E-state index in [9.17, 15) is 9.59 Å². The number of rotatable bonds is 5. The van der Waals surface area contributed by atoms with Crippen LogP contribution in [0.3, 0.4) is 0 Å². The van der Waals surface area contributed by atoms with Crippen LogP contribution in [0, 0.1) is 0 Å². The van der Waals surface area contributed by atoms with Crippen molar-refractivity contribution in [3.8, 4) is 5.82 Å². The van der Waals surface area contributed by atoms with Gasteiger partial charge in [0.2, 0.25) is 0 Å². The Balaban J connectivity index is 2.10. The zero-order valence-corrected chi connectivity index (χ0v) is 20.5. The minimum Gasteiger partial charge on any atom is -0.350 e. The summed E-state index contributed by atoms with van der Waals surface area (Å²) in [6.07, 6.45) is 1.54. The summed E-state index contributed by atoms with van der Waals surface area (Å²) in [7, 11) is 1.51. The molecule has 1 N–H and O–H groups in total. The lowest BCUT2D eigenvalue weighted by molar-refractivity contribution is 0.0943. The number of carbonyl (C=O) groups excluding carboxylic acids is 2. The molecular weight excluding hydrogens is 529 g/mol. The van der Waals surface area contributed by atoms with Gasteiger partial charge in [0.25, 0.3) is 11.8 Å². The largest absolute Gasteiger partial charge is 0.350 e. The van der Waals surface area contributed by atoms with Crippen LogP contribution in [-0.2, 0) is 0 Å². The Hall–Kier alpha value is -2.13. The van der Waals surface area contributed by atoms with Gasteiger partial charge in [-0.05, 0) is 54.0 Å². The number of hydrogen-bond acceptors (Lipinski definition) is 4. The first kappa shape index (κ1) is 23.5. The van der Waals surface area contributed by atoms with Crippen LogP contribution in [0.1, 0.15) is 34.7 Å². The number of nitrogens with one attached hydrogen (secondary N) is 1. The molecule has 0 unspecified atom stereocenters. The third-order valence-corrected chi connectivity index (χ3v) is 5.36. The molecule has 0 radical (unpaired) electrons. The molecule has 0 spiro atoms. The smallest absolute Gasteiger partial charge is 0.276 e. The second kappa shape index (κ2) is 9.56. The number of benzene rings is 1. The number of hydrogen-bond donors (Lipinski definition) is 1. The number of carbonyl (C=O) groups is 2. The fourth-order valence-electron chi connectivity index (χ4n) is 2.89. The average molecular weight is 546 g/mol. The molecule has 0 aliphatic carbocycles. The van der Waals surface area contributed by atoms with Crippen LogP contribution >= 0.6 is 50.7 Å². The van der Waals surface area contributed by atoms with Gasteiger partial charge in [0, 0.05) is 30.4 Å². The van der Waals surface area contributed by atoms with Crippen LogP contribution in [0.2, 0.25) is 15.1 Å². The molecule has 1 aromatic carbocycles. The fourth-order valence-corrected chi connectivity index (χ4v) is 4.09. The van der Waals surface area contributed by atoms with E-state index in [4.69, 9.17) is 34.8 Å². The summed E-state index contributed by atoms with van der Waals surface area (Å²) in [5, 5.41) is 7.81. The number of nitrogens with zero attached hydrogens (tertiary/aromatic N) is 4. The van der Waals surface area contributed by atoms with Gasteiger partial charge in [-0.15, -0.1) is 0 Å². The van der Waals surface area contributed by atoms with Crippen LogP contribution in [-0.4, -0.2) is 39.7 Å². The fraction of sp³-hybridized carbons (Fsp3) is 0.200. The van der Waals surface area contributed by atoms with E-state index in [1.165, 1.54) is 34.8 Å². The Bertz CT molecular complexity index is 1170. The third kappa shape index (κ3) is 5.03. The van der Waals surface area contributed by atoms with Crippen molar-refractivity contribution in [3.05, 3.63) is 67.5 Å². The molecule has 2 amide bonds. The molecule has 3 aromatic rings. The molecular formula is C20H17BrCl3N5O2. The molecule has 162 valence electrons. The van der Waals surface area contributed by atoms with E-state index < -0.39 is 11.8 Å². The van der Waals surface area contributed by atoms with Gasteiger partial charge in [-0.25, -0.2) is 9.67 Å². The molecule has 2 aromatic heterocycles. The van der Waals surface area contributed by atoms with Crippen LogP contribution < -0.4 is 10.2 Å². The molecule has 0 atom stereocenters. The normalized spacial score (nSPS) is 11.0. The standard InChI is InChI=1S/C20H17BrCl3N5O2/c1-10(2)26-19(30)12-7-11(22)8-14(24)17(12)28(3)20(31)15-9-16(21)27-29(15)18-13(23)5-4-6-25-18/h4-10H,1-3H3,(H,26,30). The molecule has 11 heteroatoms. The minimum atomic E-state index is -0.484. The Morgan fingerprint density at radius 2 is 1.87 bits per heavy atom. The lowest BCUT2D eigenvalue weighted by Gasteiger charge is -2.23. The van der Waals surface area contributed by atoms with E-state index in [1.54, 1.807) is 18.3 Å². The van der Waals surface area contributed by atoms with E-state index in [0.29, 0.717) is 9.63 Å². The highest BCUT2D eigenvalue weighted by molar-refractivity contribution is 9.10. The maximum atomic E-state index is 13.4. The van der Waals surface area contributed by atoms with Crippen molar-refractivity contribution in [1.82, 2.24) is 20.1 Å². The second-order valence-electron chi connectivity index (χ2n) is 6.85. The quantitative estimate of drug-likeness (QED) is 0.465. The van der Waals surface area contributed by atoms with Gasteiger partial charge in [-0.3, -0.25) is 9.59 Å². The van der Waals surface area contributed by atoms with Crippen LogP contribution in [0.5, 0.6) is 0 Å². The summed E-state index contributed by atoms with van der Waals surface area (Å²) in [6.45, 7) is 3.65. The predicted octanol–water partition coefficient (Wildman–Crippen LogP) is 5.40. The van der Waals surface area contributed by atoms with Crippen molar-refractivity contribution in [2.75, 3.05) is 11.9 Å². The highest BCUT2D eigenvalue weighted by Crippen LogP contribution is 2.34. The molecule has 0 bridgehead atoms. The Kier molecular flexibility index (Phi) is 7.26. The van der Waals surface area contributed by atoms with Crippen molar-refractivity contribution >= 4 is 68.2 Å². The van der Waals surface area contributed by atoms with Crippen LogP contribution in [0.15, 0.2) is 41.1 Å². The highest BCUT2D eigenvalue weighted by Gasteiger charge is 2.27. The van der Waals surface area contributed by atoms with Crippen molar-refractivity contribution < 1.29 is 9.59 Å². The van der Waals surface area contributed by atoms with Gasteiger partial charge in [-0.2, -0.15) is 5.10 Å². The SMILES string of the molecule is CC(C)NC(=O)c1cc(Cl)cc(Cl)c1N(C)C(=O)c1cc(Br)nn1-c1ncccc1Cl. The lowest BCUT2D eigenvalue weighted by Crippen LogP contribution is -2.34. The summed E-state index contributed by atoms with van der Waals surface area (Å²) >= 11 is 22.1. The Morgan fingerprint density at radius 3 is 2.52 bits per heavy atom. The molecule has 3 rings (SSSR count). The molecule has 0 aliphatic rings. The molecule has 2 heterocycles. The number of pyridine rings is 1. The average Bonchev–Trinajstić information content (AvgIpc) is 3.07. The first-order valence-electron chi connectivity index (χ1n) is 9.04. The molecule has 7 nitrogen and oxygen atoms in total. The van der Waals surface area contributed by atoms with E-state index in [-0.39, 0.29) is 38.8 Å². The summed E-state index contributed by atoms with van der Waals surface area (Å²) in [6, 6.07) is 7.65. The van der Waals surface area contributed by atoms with Crippen molar-refractivity contribution in [3.63, 3.8) is 0 Å².